The zero-order chi connectivity index (χ0) is 9.78. The Morgan fingerprint density at radius 1 is 0.923 bits per heavy atom. The van der Waals surface area contributed by atoms with Crippen LogP contribution in [0.15, 0.2) is 0 Å². The monoisotopic (exact) mass is 222 g/mol. The maximum absolute atomic E-state index is 5.38. The Labute approximate surface area is 91.6 Å². The molecule has 13 heavy (non-hydrogen) atoms. The van der Waals surface area contributed by atoms with E-state index in [0.29, 0.717) is 0 Å². The van der Waals surface area contributed by atoms with Crippen molar-refractivity contribution < 1.29 is 4.18 Å². The molecule has 0 unspecified atom stereocenters. The molecule has 0 amide bonds. The van der Waals surface area contributed by atoms with E-state index in [9.17, 15) is 0 Å². The van der Waals surface area contributed by atoms with Crippen LogP contribution in [0, 0.1) is 0 Å². The summed E-state index contributed by atoms with van der Waals surface area (Å²) in [5, 5.41) is 0. The Bertz CT molecular complexity index is 79.0. The van der Waals surface area contributed by atoms with Crippen molar-refractivity contribution in [3.05, 3.63) is 0 Å². The van der Waals surface area contributed by atoms with Crippen molar-refractivity contribution >= 4 is 23.8 Å². The molecule has 0 radical (unpaired) electrons. The predicted octanol–water partition coefficient (Wildman–Crippen LogP) is 3.98. The first-order chi connectivity index (χ1) is 6.41. The third kappa shape index (κ3) is 12.7. The third-order valence-corrected chi connectivity index (χ3v) is 3.59. The quantitative estimate of drug-likeness (QED) is 0.409. The molecule has 0 N–H and O–H groups in total. The van der Waals surface area contributed by atoms with Gasteiger partial charge >= 0.3 is 0 Å². The Morgan fingerprint density at radius 3 is 2.38 bits per heavy atom. The lowest BCUT2D eigenvalue weighted by Gasteiger charge is -2.01. The van der Waals surface area contributed by atoms with Gasteiger partial charge in [-0.1, -0.05) is 20.3 Å². The van der Waals surface area contributed by atoms with Crippen LogP contribution in [0.2, 0.25) is 0 Å². The highest BCUT2D eigenvalue weighted by Crippen LogP contribution is 2.09. The van der Waals surface area contributed by atoms with E-state index in [1.54, 1.807) is 12.0 Å². The lowest BCUT2D eigenvalue weighted by molar-refractivity contribution is 0.375. The van der Waals surface area contributed by atoms with Gasteiger partial charge in [-0.3, -0.25) is 0 Å². The van der Waals surface area contributed by atoms with Crippen molar-refractivity contribution in [2.24, 2.45) is 0 Å². The first-order valence-corrected chi connectivity index (χ1v) is 7.30. The van der Waals surface area contributed by atoms with Gasteiger partial charge in [-0.05, 0) is 42.8 Å². The van der Waals surface area contributed by atoms with Crippen molar-refractivity contribution in [2.45, 2.75) is 39.5 Å². The summed E-state index contributed by atoms with van der Waals surface area (Å²) >= 11 is 3.66. The Kier molecular flexibility index (Phi) is 13.3. The van der Waals surface area contributed by atoms with Crippen LogP contribution in [0.1, 0.15) is 39.5 Å². The van der Waals surface area contributed by atoms with Crippen molar-refractivity contribution in [1.82, 2.24) is 0 Å². The van der Waals surface area contributed by atoms with E-state index in [1.807, 2.05) is 0 Å². The minimum Gasteiger partial charge on any atom is -0.315 e. The van der Waals surface area contributed by atoms with Crippen LogP contribution >= 0.6 is 23.8 Å². The maximum atomic E-state index is 5.38. The fraction of sp³-hybridized carbons (Fsp3) is 1.00. The maximum Gasteiger partial charge on any atom is 0.0621 e. The van der Waals surface area contributed by atoms with E-state index in [-0.39, 0.29) is 0 Å². The molecule has 0 aromatic carbocycles. The van der Waals surface area contributed by atoms with Crippen LogP contribution in [0.5, 0.6) is 0 Å². The van der Waals surface area contributed by atoms with Crippen LogP contribution in [-0.4, -0.2) is 23.9 Å². The Balaban J connectivity index is 2.76. The molecule has 0 fully saturated rings. The molecule has 0 aromatic rings. The summed E-state index contributed by atoms with van der Waals surface area (Å²) in [5.74, 6) is 3.70. The van der Waals surface area contributed by atoms with Gasteiger partial charge in [0.15, 0.2) is 0 Å². The molecule has 0 aliphatic rings. The van der Waals surface area contributed by atoms with Gasteiger partial charge in [-0.25, -0.2) is 0 Å². The van der Waals surface area contributed by atoms with Gasteiger partial charge in [0.25, 0.3) is 0 Å². The minimum absolute atomic E-state index is 0.920. The number of unbranched alkanes of at least 4 members (excludes halogenated alkanes) is 1. The molecular formula is C10H22OS2. The summed E-state index contributed by atoms with van der Waals surface area (Å²) in [4.78, 5) is 0. The van der Waals surface area contributed by atoms with Crippen molar-refractivity contribution in [3.63, 3.8) is 0 Å². The second-order valence-corrected chi connectivity index (χ2v) is 5.07. The zero-order valence-electron chi connectivity index (χ0n) is 8.88. The standard InChI is InChI=1S/C10H22OS2/c1-3-5-9-12-10-6-7-11-13-8-4-2/h3-10H2,1-2H3. The first-order valence-electron chi connectivity index (χ1n) is 5.24. The second-order valence-electron chi connectivity index (χ2n) is 2.96. The molecule has 0 atom stereocenters. The molecule has 0 aliphatic heterocycles. The summed E-state index contributed by atoms with van der Waals surface area (Å²) in [5.41, 5.74) is 0. The molecule has 0 spiro atoms. The fourth-order valence-electron chi connectivity index (χ4n) is 0.770. The van der Waals surface area contributed by atoms with Gasteiger partial charge in [0, 0.05) is 5.75 Å². The highest BCUT2D eigenvalue weighted by atomic mass is 32.2. The number of hydrogen-bond acceptors (Lipinski definition) is 3. The van der Waals surface area contributed by atoms with Gasteiger partial charge in [-0.15, -0.1) is 0 Å². The molecule has 0 bridgehead atoms. The van der Waals surface area contributed by atoms with E-state index in [1.165, 1.54) is 37.2 Å². The summed E-state index contributed by atoms with van der Waals surface area (Å²) in [7, 11) is 0. The van der Waals surface area contributed by atoms with Gasteiger partial charge < -0.3 is 4.18 Å². The molecule has 0 saturated carbocycles. The van der Waals surface area contributed by atoms with Crippen molar-refractivity contribution in [1.29, 1.82) is 0 Å². The van der Waals surface area contributed by atoms with Crippen LogP contribution in [0.3, 0.4) is 0 Å². The number of hydrogen-bond donors (Lipinski definition) is 0. The molecule has 0 heterocycles. The molecule has 0 aliphatic carbocycles. The molecule has 1 nitrogen and oxygen atoms in total. The van der Waals surface area contributed by atoms with Crippen LogP contribution in [0.4, 0.5) is 0 Å². The lowest BCUT2D eigenvalue weighted by Crippen LogP contribution is -1.91. The zero-order valence-corrected chi connectivity index (χ0v) is 10.5. The molecule has 80 valence electrons. The van der Waals surface area contributed by atoms with Crippen molar-refractivity contribution in [3.8, 4) is 0 Å². The Hall–Kier alpha value is 0.660. The molecule has 0 rings (SSSR count). The summed E-state index contributed by atoms with van der Waals surface area (Å²) in [6.07, 6.45) is 5.08. The SMILES string of the molecule is CCCCSCCCOSCCC. The average molecular weight is 222 g/mol. The van der Waals surface area contributed by atoms with E-state index in [4.69, 9.17) is 4.18 Å². The first kappa shape index (κ1) is 13.7. The van der Waals surface area contributed by atoms with Gasteiger partial charge in [0.05, 0.1) is 6.61 Å². The topological polar surface area (TPSA) is 9.23 Å². The summed E-state index contributed by atoms with van der Waals surface area (Å²) < 4.78 is 5.38. The fourth-order valence-corrected chi connectivity index (χ4v) is 2.31. The highest BCUT2D eigenvalue weighted by molar-refractivity contribution is 7.99. The van der Waals surface area contributed by atoms with Gasteiger partial charge in [0.2, 0.25) is 0 Å². The largest absolute Gasteiger partial charge is 0.315 e. The van der Waals surface area contributed by atoms with Crippen LogP contribution < -0.4 is 0 Å². The third-order valence-electron chi connectivity index (χ3n) is 1.53. The van der Waals surface area contributed by atoms with Crippen molar-refractivity contribution in [2.75, 3.05) is 23.9 Å². The number of thioether (sulfide) groups is 1. The van der Waals surface area contributed by atoms with E-state index >= 15 is 0 Å². The molecular weight excluding hydrogens is 200 g/mol. The van der Waals surface area contributed by atoms with E-state index in [0.717, 1.165) is 12.4 Å². The minimum atomic E-state index is 0.920. The summed E-state index contributed by atoms with van der Waals surface area (Å²) in [6, 6.07) is 0. The molecule has 0 aromatic heterocycles. The van der Waals surface area contributed by atoms with Gasteiger partial charge in [0.1, 0.15) is 0 Å². The normalized spacial score (nSPS) is 10.6. The lowest BCUT2D eigenvalue weighted by atomic mass is 10.4. The summed E-state index contributed by atoms with van der Waals surface area (Å²) in [6.45, 7) is 5.34. The van der Waals surface area contributed by atoms with E-state index < -0.39 is 0 Å². The molecule has 0 saturated heterocycles. The highest BCUT2D eigenvalue weighted by Gasteiger charge is 1.91. The van der Waals surface area contributed by atoms with Crippen LogP contribution in [0.25, 0.3) is 0 Å². The van der Waals surface area contributed by atoms with E-state index in [2.05, 4.69) is 25.6 Å². The average Bonchev–Trinajstić information content (AvgIpc) is 2.16. The Morgan fingerprint density at radius 2 is 1.69 bits per heavy atom. The second kappa shape index (κ2) is 12.7. The van der Waals surface area contributed by atoms with Crippen LogP contribution in [-0.2, 0) is 4.18 Å². The number of rotatable bonds is 10. The smallest absolute Gasteiger partial charge is 0.0621 e. The van der Waals surface area contributed by atoms with Gasteiger partial charge in [-0.2, -0.15) is 11.8 Å². The molecule has 3 heteroatoms. The predicted molar refractivity (Wildman–Crippen MR) is 65.6 cm³/mol.